The minimum atomic E-state index is 0.534. The summed E-state index contributed by atoms with van der Waals surface area (Å²) in [7, 11) is 0. The van der Waals surface area contributed by atoms with Crippen LogP contribution in [0.4, 0.5) is 5.82 Å². The summed E-state index contributed by atoms with van der Waals surface area (Å²) in [6, 6.07) is 0. The SMILES string of the molecule is CCn1nc(C(C)C)c2c1NCCCC2. The van der Waals surface area contributed by atoms with Crippen molar-refractivity contribution in [3.8, 4) is 0 Å². The molecule has 2 rings (SSSR count). The molecule has 0 aliphatic carbocycles. The van der Waals surface area contributed by atoms with Crippen molar-refractivity contribution >= 4 is 5.82 Å². The first-order valence-corrected chi connectivity index (χ1v) is 6.07. The summed E-state index contributed by atoms with van der Waals surface area (Å²) in [4.78, 5) is 0. The van der Waals surface area contributed by atoms with Gasteiger partial charge in [-0.15, -0.1) is 0 Å². The lowest BCUT2D eigenvalue weighted by Gasteiger charge is -2.06. The molecule has 0 aromatic carbocycles. The van der Waals surface area contributed by atoms with Gasteiger partial charge in [0.25, 0.3) is 0 Å². The highest BCUT2D eigenvalue weighted by Gasteiger charge is 2.20. The van der Waals surface area contributed by atoms with Crippen LogP contribution in [0.25, 0.3) is 0 Å². The number of nitrogens with one attached hydrogen (secondary N) is 1. The molecule has 1 aromatic heterocycles. The molecule has 1 N–H and O–H groups in total. The van der Waals surface area contributed by atoms with Gasteiger partial charge in [0, 0.05) is 18.7 Å². The first-order chi connectivity index (χ1) is 7.24. The van der Waals surface area contributed by atoms with Gasteiger partial charge >= 0.3 is 0 Å². The van der Waals surface area contributed by atoms with Crippen molar-refractivity contribution in [2.45, 2.75) is 52.5 Å². The molecule has 0 bridgehead atoms. The van der Waals surface area contributed by atoms with Crippen LogP contribution in [0.1, 0.15) is 50.8 Å². The molecule has 0 fully saturated rings. The van der Waals surface area contributed by atoms with Gasteiger partial charge in [0.2, 0.25) is 0 Å². The predicted molar refractivity (Wildman–Crippen MR) is 63.4 cm³/mol. The van der Waals surface area contributed by atoms with Gasteiger partial charge in [-0.3, -0.25) is 0 Å². The number of fused-ring (bicyclic) bond motifs is 1. The van der Waals surface area contributed by atoms with E-state index in [9.17, 15) is 0 Å². The molecule has 15 heavy (non-hydrogen) atoms. The third kappa shape index (κ3) is 1.87. The van der Waals surface area contributed by atoms with E-state index in [2.05, 4.69) is 30.8 Å². The Labute approximate surface area is 91.9 Å². The number of hydrogen-bond acceptors (Lipinski definition) is 2. The van der Waals surface area contributed by atoms with Crippen LogP contribution in [-0.4, -0.2) is 16.3 Å². The zero-order valence-electron chi connectivity index (χ0n) is 10.0. The molecular formula is C12H21N3. The quantitative estimate of drug-likeness (QED) is 0.808. The fraction of sp³-hybridized carbons (Fsp3) is 0.750. The molecule has 0 unspecified atom stereocenters. The molecule has 0 atom stereocenters. The Balaban J connectivity index is 2.45. The maximum Gasteiger partial charge on any atom is 0.127 e. The van der Waals surface area contributed by atoms with Crippen LogP contribution in [0, 0.1) is 0 Å². The average molecular weight is 207 g/mol. The van der Waals surface area contributed by atoms with Gasteiger partial charge in [0.1, 0.15) is 5.82 Å². The second kappa shape index (κ2) is 4.25. The molecule has 1 aliphatic heterocycles. The Kier molecular flexibility index (Phi) is 2.98. The van der Waals surface area contributed by atoms with E-state index in [1.165, 1.54) is 36.3 Å². The van der Waals surface area contributed by atoms with Crippen LogP contribution in [0.15, 0.2) is 0 Å². The number of nitrogens with zero attached hydrogens (tertiary/aromatic N) is 2. The number of anilines is 1. The Hall–Kier alpha value is -0.990. The molecule has 0 saturated carbocycles. The van der Waals surface area contributed by atoms with Crippen LogP contribution in [0.2, 0.25) is 0 Å². The van der Waals surface area contributed by atoms with E-state index in [0.717, 1.165) is 13.1 Å². The predicted octanol–water partition coefficient (Wildman–Crippen LogP) is 2.77. The third-order valence-electron chi connectivity index (χ3n) is 3.07. The van der Waals surface area contributed by atoms with Crippen molar-refractivity contribution in [3.63, 3.8) is 0 Å². The Morgan fingerprint density at radius 3 is 2.87 bits per heavy atom. The van der Waals surface area contributed by atoms with Crippen LogP contribution in [0.5, 0.6) is 0 Å². The highest BCUT2D eigenvalue weighted by Crippen LogP contribution is 2.29. The topological polar surface area (TPSA) is 29.9 Å². The maximum absolute atomic E-state index is 4.71. The van der Waals surface area contributed by atoms with Crippen molar-refractivity contribution in [2.24, 2.45) is 0 Å². The number of aryl methyl sites for hydroxylation is 1. The van der Waals surface area contributed by atoms with Gasteiger partial charge in [0.15, 0.2) is 0 Å². The largest absolute Gasteiger partial charge is 0.370 e. The lowest BCUT2D eigenvalue weighted by Crippen LogP contribution is -2.07. The van der Waals surface area contributed by atoms with E-state index in [1.54, 1.807) is 0 Å². The van der Waals surface area contributed by atoms with E-state index in [1.807, 2.05) is 0 Å². The van der Waals surface area contributed by atoms with Crippen molar-refractivity contribution in [1.82, 2.24) is 9.78 Å². The summed E-state index contributed by atoms with van der Waals surface area (Å²) < 4.78 is 2.12. The summed E-state index contributed by atoms with van der Waals surface area (Å²) >= 11 is 0. The normalized spacial score (nSPS) is 16.0. The summed E-state index contributed by atoms with van der Waals surface area (Å²) in [5.41, 5.74) is 2.76. The van der Waals surface area contributed by atoms with E-state index >= 15 is 0 Å². The van der Waals surface area contributed by atoms with E-state index in [4.69, 9.17) is 5.10 Å². The third-order valence-corrected chi connectivity index (χ3v) is 3.07. The second-order valence-corrected chi connectivity index (χ2v) is 4.57. The lowest BCUT2D eigenvalue weighted by molar-refractivity contribution is 0.636. The molecule has 1 aliphatic rings. The molecule has 0 saturated heterocycles. The first-order valence-electron chi connectivity index (χ1n) is 6.07. The Bertz CT molecular complexity index is 339. The average Bonchev–Trinajstić information content (AvgIpc) is 2.41. The summed E-state index contributed by atoms with van der Waals surface area (Å²) in [6.45, 7) is 8.67. The fourth-order valence-corrected chi connectivity index (χ4v) is 2.29. The van der Waals surface area contributed by atoms with Gasteiger partial charge in [-0.05, 0) is 32.1 Å². The van der Waals surface area contributed by atoms with Crippen LogP contribution in [0.3, 0.4) is 0 Å². The lowest BCUT2D eigenvalue weighted by atomic mass is 10.0. The number of hydrogen-bond donors (Lipinski definition) is 1. The Morgan fingerprint density at radius 2 is 2.20 bits per heavy atom. The highest BCUT2D eigenvalue weighted by atomic mass is 15.3. The standard InChI is InChI=1S/C12H21N3/c1-4-15-12-10(7-5-6-8-13-12)11(14-15)9(2)3/h9,13H,4-8H2,1-3H3. The fourth-order valence-electron chi connectivity index (χ4n) is 2.29. The minimum Gasteiger partial charge on any atom is -0.370 e. The van der Waals surface area contributed by atoms with Gasteiger partial charge in [-0.2, -0.15) is 5.10 Å². The number of rotatable bonds is 2. The summed E-state index contributed by atoms with van der Waals surface area (Å²) in [6.07, 6.45) is 3.75. The molecule has 0 amide bonds. The van der Waals surface area contributed by atoms with Gasteiger partial charge in [0.05, 0.1) is 5.69 Å². The van der Waals surface area contributed by atoms with Crippen LogP contribution in [-0.2, 0) is 13.0 Å². The molecule has 0 spiro atoms. The summed E-state index contributed by atoms with van der Waals surface area (Å²) in [5.74, 6) is 1.81. The van der Waals surface area contributed by atoms with E-state index in [-0.39, 0.29) is 0 Å². The highest BCUT2D eigenvalue weighted by molar-refractivity contribution is 5.49. The Morgan fingerprint density at radius 1 is 1.40 bits per heavy atom. The van der Waals surface area contributed by atoms with Gasteiger partial charge < -0.3 is 5.32 Å². The minimum absolute atomic E-state index is 0.534. The molecule has 1 aromatic rings. The monoisotopic (exact) mass is 207 g/mol. The molecule has 3 heteroatoms. The van der Waals surface area contributed by atoms with Crippen LogP contribution >= 0.6 is 0 Å². The van der Waals surface area contributed by atoms with Crippen molar-refractivity contribution < 1.29 is 0 Å². The first kappa shape index (κ1) is 10.5. The van der Waals surface area contributed by atoms with Crippen LogP contribution < -0.4 is 5.32 Å². The molecular weight excluding hydrogens is 186 g/mol. The number of aromatic nitrogens is 2. The summed E-state index contributed by atoms with van der Waals surface area (Å²) in [5, 5.41) is 8.23. The molecule has 3 nitrogen and oxygen atoms in total. The zero-order chi connectivity index (χ0) is 10.8. The maximum atomic E-state index is 4.71. The van der Waals surface area contributed by atoms with Crippen molar-refractivity contribution in [3.05, 3.63) is 11.3 Å². The molecule has 2 heterocycles. The molecule has 84 valence electrons. The zero-order valence-corrected chi connectivity index (χ0v) is 10.0. The van der Waals surface area contributed by atoms with E-state index in [0.29, 0.717) is 5.92 Å². The van der Waals surface area contributed by atoms with Crippen molar-refractivity contribution in [2.75, 3.05) is 11.9 Å². The van der Waals surface area contributed by atoms with Gasteiger partial charge in [-0.25, -0.2) is 4.68 Å². The van der Waals surface area contributed by atoms with Crippen molar-refractivity contribution in [1.29, 1.82) is 0 Å². The second-order valence-electron chi connectivity index (χ2n) is 4.57. The van der Waals surface area contributed by atoms with Gasteiger partial charge in [-0.1, -0.05) is 13.8 Å². The smallest absolute Gasteiger partial charge is 0.127 e. The van der Waals surface area contributed by atoms with E-state index < -0.39 is 0 Å². The molecule has 0 radical (unpaired) electrons.